The molecule has 1 amide bonds. The van der Waals surface area contributed by atoms with Crippen LogP contribution in [0.5, 0.6) is 5.75 Å². The molecule has 0 saturated carbocycles. The van der Waals surface area contributed by atoms with Gasteiger partial charge in [0.05, 0.1) is 12.7 Å². The molecule has 1 aromatic carbocycles. The Morgan fingerprint density at radius 2 is 1.68 bits per heavy atom. The van der Waals surface area contributed by atoms with Gasteiger partial charge in [-0.1, -0.05) is 45.9 Å². The van der Waals surface area contributed by atoms with Gasteiger partial charge in [-0.25, -0.2) is 4.79 Å². The van der Waals surface area contributed by atoms with Gasteiger partial charge in [0, 0.05) is 13.2 Å². The van der Waals surface area contributed by atoms with Crippen molar-refractivity contribution < 1.29 is 39.4 Å². The summed E-state index contributed by atoms with van der Waals surface area (Å²) in [6, 6.07) is 5.83. The lowest BCUT2D eigenvalue weighted by Gasteiger charge is -2.40. The summed E-state index contributed by atoms with van der Waals surface area (Å²) in [4.78, 5) is 12.3. The van der Waals surface area contributed by atoms with Crippen molar-refractivity contribution in [3.8, 4) is 5.75 Å². The first kappa shape index (κ1) is 25.5. The number of aliphatic hydroxyl groups excluding tert-OH is 4. The van der Waals surface area contributed by atoms with Crippen molar-refractivity contribution in [3.05, 3.63) is 29.3 Å². The molecule has 0 radical (unpaired) electrons. The van der Waals surface area contributed by atoms with E-state index in [0.717, 1.165) is 11.1 Å². The third-order valence-electron chi connectivity index (χ3n) is 5.25. The Hall–Kier alpha value is -1.75. The van der Waals surface area contributed by atoms with Crippen molar-refractivity contribution in [2.24, 2.45) is 0 Å². The fourth-order valence-corrected chi connectivity index (χ4v) is 3.48. The van der Waals surface area contributed by atoms with Crippen LogP contribution in [-0.2, 0) is 9.47 Å². The molecular formula is C22H35NO8. The average Bonchev–Trinajstić information content (AvgIpc) is 2.72. The first-order valence-electron chi connectivity index (χ1n) is 10.7. The number of hydrogen-bond donors (Lipinski definition) is 5. The molecule has 0 aliphatic carbocycles. The largest absolute Gasteiger partial charge is 0.412 e. The molecule has 1 fully saturated rings. The van der Waals surface area contributed by atoms with E-state index in [1.807, 2.05) is 45.9 Å². The lowest BCUT2D eigenvalue weighted by molar-refractivity contribution is -0.297. The van der Waals surface area contributed by atoms with Gasteiger partial charge in [-0.2, -0.15) is 0 Å². The number of para-hydroxylation sites is 1. The van der Waals surface area contributed by atoms with E-state index in [1.165, 1.54) is 0 Å². The van der Waals surface area contributed by atoms with Crippen LogP contribution < -0.4 is 10.1 Å². The fourth-order valence-electron chi connectivity index (χ4n) is 3.48. The predicted octanol–water partition coefficient (Wildman–Crippen LogP) is 1.23. The van der Waals surface area contributed by atoms with Crippen LogP contribution >= 0.6 is 0 Å². The van der Waals surface area contributed by atoms with Gasteiger partial charge in [-0.3, -0.25) is 0 Å². The normalized spacial score (nSPS) is 26.3. The Labute approximate surface area is 182 Å². The van der Waals surface area contributed by atoms with E-state index in [2.05, 4.69) is 5.32 Å². The van der Waals surface area contributed by atoms with Crippen molar-refractivity contribution in [1.82, 2.24) is 5.32 Å². The Kier molecular flexibility index (Phi) is 9.67. The van der Waals surface area contributed by atoms with Gasteiger partial charge in [0.15, 0.2) is 6.29 Å². The maximum Gasteiger partial charge on any atom is 0.412 e. The van der Waals surface area contributed by atoms with Crippen LogP contribution in [0.25, 0.3) is 0 Å². The number of aliphatic hydroxyl groups is 4. The molecule has 0 spiro atoms. The Morgan fingerprint density at radius 3 is 2.23 bits per heavy atom. The van der Waals surface area contributed by atoms with Gasteiger partial charge >= 0.3 is 6.09 Å². The van der Waals surface area contributed by atoms with E-state index in [0.29, 0.717) is 5.75 Å². The van der Waals surface area contributed by atoms with E-state index in [9.17, 15) is 20.1 Å². The highest BCUT2D eigenvalue weighted by Gasteiger charge is 2.43. The lowest BCUT2D eigenvalue weighted by Crippen LogP contribution is -2.58. The number of benzene rings is 1. The van der Waals surface area contributed by atoms with E-state index in [4.69, 9.17) is 19.3 Å². The molecule has 31 heavy (non-hydrogen) atoms. The Morgan fingerprint density at radius 1 is 1.06 bits per heavy atom. The quantitative estimate of drug-likeness (QED) is 0.361. The third-order valence-corrected chi connectivity index (χ3v) is 5.25. The SMILES string of the molecule is CC(C)c1cccc(C(C)C)c1OC(=O)NCCOC1OC(CCO)C(O)C(O)C1O. The van der Waals surface area contributed by atoms with E-state index in [1.54, 1.807) is 0 Å². The second kappa shape index (κ2) is 11.8. The number of nitrogens with one attached hydrogen (secondary N) is 1. The monoisotopic (exact) mass is 441 g/mol. The number of hydrogen-bond acceptors (Lipinski definition) is 8. The summed E-state index contributed by atoms with van der Waals surface area (Å²) in [6.07, 6.45) is -6.85. The summed E-state index contributed by atoms with van der Waals surface area (Å²) in [5, 5.41) is 41.5. The van der Waals surface area contributed by atoms with Crippen LogP contribution in [-0.4, -0.2) is 77.0 Å². The molecule has 1 heterocycles. The van der Waals surface area contributed by atoms with E-state index >= 15 is 0 Å². The molecule has 176 valence electrons. The minimum Gasteiger partial charge on any atom is -0.410 e. The third kappa shape index (κ3) is 6.61. The summed E-state index contributed by atoms with van der Waals surface area (Å²) >= 11 is 0. The van der Waals surface area contributed by atoms with E-state index < -0.39 is 36.8 Å². The zero-order chi connectivity index (χ0) is 23.1. The molecular weight excluding hydrogens is 406 g/mol. The second-order valence-corrected chi connectivity index (χ2v) is 8.29. The van der Waals surface area contributed by atoms with E-state index in [-0.39, 0.29) is 38.0 Å². The maximum atomic E-state index is 12.3. The lowest BCUT2D eigenvalue weighted by atomic mass is 9.94. The number of ether oxygens (including phenoxy) is 3. The highest BCUT2D eigenvalue weighted by atomic mass is 16.7. The van der Waals surface area contributed by atoms with Crippen molar-refractivity contribution in [2.45, 2.75) is 76.7 Å². The van der Waals surface area contributed by atoms with Crippen molar-refractivity contribution in [2.75, 3.05) is 19.8 Å². The maximum absolute atomic E-state index is 12.3. The fraction of sp³-hybridized carbons (Fsp3) is 0.682. The smallest absolute Gasteiger partial charge is 0.410 e. The first-order chi connectivity index (χ1) is 14.7. The minimum absolute atomic E-state index is 0.0195. The molecule has 2 rings (SSSR count). The van der Waals surface area contributed by atoms with Crippen LogP contribution in [0.3, 0.4) is 0 Å². The molecule has 1 saturated heterocycles. The molecule has 5 N–H and O–H groups in total. The molecule has 5 atom stereocenters. The van der Waals surface area contributed by atoms with Gasteiger partial charge in [0.1, 0.15) is 24.1 Å². The van der Waals surface area contributed by atoms with Gasteiger partial charge in [0.2, 0.25) is 0 Å². The zero-order valence-electron chi connectivity index (χ0n) is 18.5. The predicted molar refractivity (Wildman–Crippen MR) is 113 cm³/mol. The van der Waals surface area contributed by atoms with Crippen molar-refractivity contribution in [3.63, 3.8) is 0 Å². The first-order valence-corrected chi connectivity index (χ1v) is 10.7. The van der Waals surface area contributed by atoms with Crippen LogP contribution in [0.2, 0.25) is 0 Å². The van der Waals surface area contributed by atoms with Crippen molar-refractivity contribution >= 4 is 6.09 Å². The second-order valence-electron chi connectivity index (χ2n) is 8.29. The molecule has 1 aromatic rings. The van der Waals surface area contributed by atoms with Gasteiger partial charge in [-0.15, -0.1) is 0 Å². The number of rotatable bonds is 9. The molecule has 9 nitrogen and oxygen atoms in total. The average molecular weight is 442 g/mol. The summed E-state index contributed by atoms with van der Waals surface area (Å²) in [5.74, 6) is 0.924. The molecule has 9 heteroatoms. The summed E-state index contributed by atoms with van der Waals surface area (Å²) in [7, 11) is 0. The summed E-state index contributed by atoms with van der Waals surface area (Å²) in [5.41, 5.74) is 1.89. The van der Waals surface area contributed by atoms with Crippen LogP contribution in [0, 0.1) is 0 Å². The van der Waals surface area contributed by atoms with Crippen LogP contribution in [0.1, 0.15) is 57.1 Å². The summed E-state index contributed by atoms with van der Waals surface area (Å²) < 4.78 is 16.4. The Balaban J connectivity index is 1.89. The molecule has 5 unspecified atom stereocenters. The number of carbonyl (C=O) groups excluding carboxylic acids is 1. The highest BCUT2D eigenvalue weighted by Crippen LogP contribution is 2.34. The van der Waals surface area contributed by atoms with Gasteiger partial charge < -0.3 is 40.0 Å². The summed E-state index contributed by atoms with van der Waals surface area (Å²) in [6.45, 7) is 7.93. The Bertz CT molecular complexity index is 685. The standard InChI is InChI=1S/C22H35NO8/c1-12(2)14-6-5-7-15(13(3)4)20(14)31-22(28)23-9-11-29-21-19(27)18(26)17(25)16(30-21)8-10-24/h5-7,12-13,16-19,21,24-27H,8-11H2,1-4H3,(H,23,28). The number of amides is 1. The molecule has 1 aliphatic heterocycles. The van der Waals surface area contributed by atoms with Gasteiger partial charge in [0.25, 0.3) is 0 Å². The molecule has 0 bridgehead atoms. The minimum atomic E-state index is -1.46. The van der Waals surface area contributed by atoms with Crippen molar-refractivity contribution in [1.29, 1.82) is 0 Å². The van der Waals surface area contributed by atoms with Crippen LogP contribution in [0.4, 0.5) is 4.79 Å². The molecule has 0 aromatic heterocycles. The molecule has 1 aliphatic rings. The zero-order valence-corrected chi connectivity index (χ0v) is 18.5. The highest BCUT2D eigenvalue weighted by molar-refractivity contribution is 5.71. The number of carbonyl (C=O) groups is 1. The topological polar surface area (TPSA) is 138 Å². The van der Waals surface area contributed by atoms with Crippen LogP contribution in [0.15, 0.2) is 18.2 Å². The van der Waals surface area contributed by atoms with Gasteiger partial charge in [-0.05, 0) is 29.4 Å².